The maximum absolute atomic E-state index is 11.7. The van der Waals surface area contributed by atoms with Gasteiger partial charge in [-0.25, -0.2) is 4.79 Å². The molecule has 0 spiro atoms. The summed E-state index contributed by atoms with van der Waals surface area (Å²) >= 11 is 0. The van der Waals surface area contributed by atoms with Gasteiger partial charge in [-0.15, -0.1) is 0 Å². The molecule has 0 saturated carbocycles. The van der Waals surface area contributed by atoms with E-state index >= 15 is 0 Å². The van der Waals surface area contributed by atoms with Gasteiger partial charge in [-0.3, -0.25) is 0 Å². The van der Waals surface area contributed by atoms with Crippen molar-refractivity contribution in [1.29, 1.82) is 0 Å². The number of ether oxygens (including phenoxy) is 1. The predicted octanol–water partition coefficient (Wildman–Crippen LogP) is 3.39. The minimum Gasteiger partial charge on any atom is -0.444 e. The SMILES string of the molecule is CC(C)(C)OC(=O)NC1C=CC(NCc2ccccc2)CC1. The third kappa shape index (κ3) is 5.90. The zero-order chi connectivity index (χ0) is 16.0. The van der Waals surface area contributed by atoms with Crippen molar-refractivity contribution in [1.82, 2.24) is 10.6 Å². The van der Waals surface area contributed by atoms with E-state index in [2.05, 4.69) is 47.1 Å². The van der Waals surface area contributed by atoms with Gasteiger partial charge in [0, 0.05) is 12.6 Å². The van der Waals surface area contributed by atoms with Crippen LogP contribution in [0.5, 0.6) is 0 Å². The number of carbonyl (C=O) groups is 1. The minimum atomic E-state index is -0.456. The van der Waals surface area contributed by atoms with Crippen LogP contribution >= 0.6 is 0 Å². The number of carbonyl (C=O) groups excluding carboxylic acids is 1. The van der Waals surface area contributed by atoms with Crippen molar-refractivity contribution < 1.29 is 9.53 Å². The molecular weight excluding hydrogens is 276 g/mol. The predicted molar refractivity (Wildman–Crippen MR) is 88.6 cm³/mol. The molecule has 2 N–H and O–H groups in total. The lowest BCUT2D eigenvalue weighted by molar-refractivity contribution is 0.0510. The highest BCUT2D eigenvalue weighted by atomic mass is 16.6. The molecule has 1 aliphatic rings. The first-order chi connectivity index (χ1) is 10.4. The van der Waals surface area contributed by atoms with Gasteiger partial charge in [0.25, 0.3) is 0 Å². The number of rotatable bonds is 4. The second-order valence-electron chi connectivity index (χ2n) is 6.69. The Morgan fingerprint density at radius 3 is 2.36 bits per heavy atom. The van der Waals surface area contributed by atoms with E-state index in [0.717, 1.165) is 19.4 Å². The van der Waals surface area contributed by atoms with E-state index < -0.39 is 5.60 Å². The molecule has 0 fully saturated rings. The van der Waals surface area contributed by atoms with Crippen LogP contribution in [-0.2, 0) is 11.3 Å². The minimum absolute atomic E-state index is 0.0598. The quantitative estimate of drug-likeness (QED) is 0.838. The van der Waals surface area contributed by atoms with Crippen LogP contribution in [0.4, 0.5) is 4.79 Å². The summed E-state index contributed by atoms with van der Waals surface area (Å²) in [6.45, 7) is 6.46. The Morgan fingerprint density at radius 2 is 1.77 bits per heavy atom. The summed E-state index contributed by atoms with van der Waals surface area (Å²) in [7, 11) is 0. The maximum atomic E-state index is 11.7. The Hall–Kier alpha value is -1.81. The molecule has 4 nitrogen and oxygen atoms in total. The maximum Gasteiger partial charge on any atom is 0.408 e. The zero-order valence-electron chi connectivity index (χ0n) is 13.6. The van der Waals surface area contributed by atoms with E-state index in [1.54, 1.807) is 0 Å². The topological polar surface area (TPSA) is 50.4 Å². The van der Waals surface area contributed by atoms with Crippen molar-refractivity contribution in [2.24, 2.45) is 0 Å². The molecule has 0 radical (unpaired) electrons. The average Bonchev–Trinajstić information content (AvgIpc) is 2.45. The van der Waals surface area contributed by atoms with E-state index in [0.29, 0.717) is 6.04 Å². The van der Waals surface area contributed by atoms with Crippen molar-refractivity contribution in [2.45, 2.75) is 57.8 Å². The van der Waals surface area contributed by atoms with Gasteiger partial charge in [0.1, 0.15) is 5.60 Å². The van der Waals surface area contributed by atoms with E-state index in [1.165, 1.54) is 5.56 Å². The van der Waals surface area contributed by atoms with Gasteiger partial charge in [0.2, 0.25) is 0 Å². The van der Waals surface area contributed by atoms with E-state index in [1.807, 2.05) is 26.8 Å². The molecular formula is C18H26N2O2. The summed E-state index contributed by atoms with van der Waals surface area (Å²) < 4.78 is 5.27. The van der Waals surface area contributed by atoms with Crippen molar-refractivity contribution in [2.75, 3.05) is 0 Å². The Balaban J connectivity index is 1.74. The van der Waals surface area contributed by atoms with Crippen LogP contribution in [0.1, 0.15) is 39.2 Å². The summed E-state index contributed by atoms with van der Waals surface area (Å²) in [4.78, 5) is 11.7. The number of hydrogen-bond donors (Lipinski definition) is 2. The molecule has 2 atom stereocenters. The van der Waals surface area contributed by atoms with Crippen molar-refractivity contribution in [3.05, 3.63) is 48.0 Å². The standard InChI is InChI=1S/C18H26N2O2/c1-18(2,3)22-17(21)20-16-11-9-15(10-12-16)19-13-14-7-5-4-6-8-14/h4-9,11,15-16,19H,10,12-13H2,1-3H3,(H,20,21). The first-order valence-electron chi connectivity index (χ1n) is 7.87. The van der Waals surface area contributed by atoms with Gasteiger partial charge in [0.15, 0.2) is 0 Å². The molecule has 120 valence electrons. The normalized spacial score (nSPS) is 21.4. The van der Waals surface area contributed by atoms with Crippen molar-refractivity contribution in [3.63, 3.8) is 0 Å². The lowest BCUT2D eigenvalue weighted by Crippen LogP contribution is -2.41. The van der Waals surface area contributed by atoms with Crippen molar-refractivity contribution in [3.8, 4) is 0 Å². The lowest BCUT2D eigenvalue weighted by atomic mass is 9.98. The second-order valence-corrected chi connectivity index (χ2v) is 6.69. The summed E-state index contributed by atoms with van der Waals surface area (Å²) in [5, 5.41) is 6.41. The van der Waals surface area contributed by atoms with Gasteiger partial charge in [-0.05, 0) is 39.2 Å². The molecule has 2 unspecified atom stereocenters. The monoisotopic (exact) mass is 302 g/mol. The van der Waals surface area contributed by atoms with Gasteiger partial charge in [0.05, 0.1) is 6.04 Å². The molecule has 0 aromatic heterocycles. The van der Waals surface area contributed by atoms with E-state index in [9.17, 15) is 4.79 Å². The van der Waals surface area contributed by atoms with Gasteiger partial charge >= 0.3 is 6.09 Å². The summed E-state index contributed by atoms with van der Waals surface area (Å²) in [5.41, 5.74) is 0.826. The Bertz CT molecular complexity index is 506. The van der Waals surface area contributed by atoms with E-state index in [4.69, 9.17) is 4.74 Å². The van der Waals surface area contributed by atoms with E-state index in [-0.39, 0.29) is 12.1 Å². The highest BCUT2D eigenvalue weighted by molar-refractivity contribution is 5.68. The van der Waals surface area contributed by atoms with Crippen molar-refractivity contribution >= 4 is 6.09 Å². The summed E-state index contributed by atoms with van der Waals surface area (Å²) in [5.74, 6) is 0. The van der Waals surface area contributed by atoms with Crippen LogP contribution in [0, 0.1) is 0 Å². The van der Waals surface area contributed by atoms with Crippen LogP contribution < -0.4 is 10.6 Å². The number of hydrogen-bond acceptors (Lipinski definition) is 3. The van der Waals surface area contributed by atoms with Crippen LogP contribution in [0.25, 0.3) is 0 Å². The highest BCUT2D eigenvalue weighted by Gasteiger charge is 2.21. The highest BCUT2D eigenvalue weighted by Crippen LogP contribution is 2.14. The molecule has 4 heteroatoms. The molecule has 0 bridgehead atoms. The van der Waals surface area contributed by atoms with Crippen LogP contribution in [0.2, 0.25) is 0 Å². The third-order valence-corrected chi connectivity index (χ3v) is 3.48. The Labute approximate surface area is 132 Å². The molecule has 1 aliphatic carbocycles. The lowest BCUT2D eigenvalue weighted by Gasteiger charge is -2.26. The first-order valence-corrected chi connectivity index (χ1v) is 7.87. The molecule has 22 heavy (non-hydrogen) atoms. The second kappa shape index (κ2) is 7.45. The molecule has 1 amide bonds. The Kier molecular flexibility index (Phi) is 5.61. The molecule has 0 heterocycles. The number of benzene rings is 1. The van der Waals surface area contributed by atoms with Crippen LogP contribution in [0.3, 0.4) is 0 Å². The number of nitrogens with one attached hydrogen (secondary N) is 2. The molecule has 0 saturated heterocycles. The summed E-state index contributed by atoms with van der Waals surface area (Å²) in [6.07, 6.45) is 5.76. The fraction of sp³-hybridized carbons (Fsp3) is 0.500. The molecule has 0 aliphatic heterocycles. The van der Waals surface area contributed by atoms with Crippen LogP contribution in [0.15, 0.2) is 42.5 Å². The number of alkyl carbamates (subject to hydrolysis) is 1. The fourth-order valence-electron chi connectivity index (χ4n) is 2.41. The number of amides is 1. The molecule has 1 aromatic rings. The Morgan fingerprint density at radius 1 is 1.14 bits per heavy atom. The first kappa shape index (κ1) is 16.6. The largest absolute Gasteiger partial charge is 0.444 e. The van der Waals surface area contributed by atoms with Gasteiger partial charge in [-0.1, -0.05) is 42.5 Å². The molecule has 1 aromatic carbocycles. The van der Waals surface area contributed by atoms with Gasteiger partial charge in [-0.2, -0.15) is 0 Å². The average molecular weight is 302 g/mol. The molecule has 2 rings (SSSR count). The van der Waals surface area contributed by atoms with Crippen LogP contribution in [-0.4, -0.2) is 23.8 Å². The van der Waals surface area contributed by atoms with Gasteiger partial charge < -0.3 is 15.4 Å². The third-order valence-electron chi connectivity index (χ3n) is 3.48. The fourth-order valence-corrected chi connectivity index (χ4v) is 2.41. The zero-order valence-corrected chi connectivity index (χ0v) is 13.6. The summed E-state index contributed by atoms with van der Waals surface area (Å²) in [6, 6.07) is 10.8. The smallest absolute Gasteiger partial charge is 0.408 e.